The zero-order valence-corrected chi connectivity index (χ0v) is 28.9. The van der Waals surface area contributed by atoms with Crippen molar-refractivity contribution >= 4 is 62.3 Å². The van der Waals surface area contributed by atoms with Crippen LogP contribution >= 0.6 is 34.8 Å². The Morgan fingerprint density at radius 3 is 2.13 bits per heavy atom. The van der Waals surface area contributed by atoms with Crippen LogP contribution < -0.4 is 9.62 Å². The molecule has 7 nitrogen and oxygen atoms in total. The zero-order valence-electron chi connectivity index (χ0n) is 25.8. The average Bonchev–Trinajstić information content (AvgIpc) is 3.01. The second-order valence-electron chi connectivity index (χ2n) is 11.5. The Labute approximate surface area is 288 Å². The fourth-order valence-electron chi connectivity index (χ4n) is 5.57. The molecule has 2 amide bonds. The van der Waals surface area contributed by atoms with E-state index >= 15 is 0 Å². The molecule has 0 bridgehead atoms. The molecule has 14 heteroatoms. The van der Waals surface area contributed by atoms with Crippen molar-refractivity contribution in [2.75, 3.05) is 10.8 Å². The predicted molar refractivity (Wildman–Crippen MR) is 178 cm³/mol. The van der Waals surface area contributed by atoms with Gasteiger partial charge in [-0.1, -0.05) is 84.8 Å². The Bertz CT molecular complexity index is 1680. The summed E-state index contributed by atoms with van der Waals surface area (Å²) in [5.41, 5.74) is -0.640. The minimum atomic E-state index is -4.91. The summed E-state index contributed by atoms with van der Waals surface area (Å²) in [5, 5.41) is 2.82. The molecule has 0 saturated heterocycles. The van der Waals surface area contributed by atoms with E-state index in [4.69, 9.17) is 34.8 Å². The number of hydrogen-bond acceptors (Lipinski definition) is 4. The smallest absolute Gasteiger partial charge is 0.352 e. The highest BCUT2D eigenvalue weighted by atomic mass is 35.5. The molecular formula is C33H35Cl3F3N3O4S. The third-order valence-corrected chi connectivity index (χ3v) is 11.0. The molecule has 4 rings (SSSR count). The number of benzene rings is 3. The molecule has 0 spiro atoms. The van der Waals surface area contributed by atoms with Crippen molar-refractivity contribution in [3.8, 4) is 0 Å². The number of carbonyl (C=O) groups excluding carboxylic acids is 2. The first-order valence-electron chi connectivity index (χ1n) is 15.1. The van der Waals surface area contributed by atoms with Crippen molar-refractivity contribution in [1.29, 1.82) is 0 Å². The standard InChI is InChI=1S/C33H35Cl3F3N3O4S/c1-3-30(32(44)40-22-8-5-4-6-9-22)41(19-25-27(34)10-7-11-28(25)35)31(43)20-42(47(45,46)24-15-12-21(2)13-16-24)23-14-17-29(36)26(18-23)33(37,38)39/h7,10-18,22,30H,3-6,8-9,19-20H2,1-2H3,(H,40,44)/t30-/m0/s1. The van der Waals surface area contributed by atoms with E-state index < -0.39 is 56.9 Å². The van der Waals surface area contributed by atoms with Crippen molar-refractivity contribution in [2.24, 2.45) is 0 Å². The molecule has 0 aromatic heterocycles. The van der Waals surface area contributed by atoms with E-state index in [-0.39, 0.29) is 33.9 Å². The molecule has 1 saturated carbocycles. The number of alkyl halides is 3. The third kappa shape index (κ3) is 8.93. The van der Waals surface area contributed by atoms with Crippen molar-refractivity contribution in [2.45, 2.75) is 82.1 Å². The van der Waals surface area contributed by atoms with E-state index in [0.29, 0.717) is 15.9 Å². The monoisotopic (exact) mass is 731 g/mol. The van der Waals surface area contributed by atoms with E-state index in [2.05, 4.69) is 5.32 Å². The van der Waals surface area contributed by atoms with E-state index in [9.17, 15) is 31.2 Å². The maximum Gasteiger partial charge on any atom is 0.417 e. The summed E-state index contributed by atoms with van der Waals surface area (Å²) in [5.74, 6) is -1.29. The van der Waals surface area contributed by atoms with Gasteiger partial charge in [0, 0.05) is 28.2 Å². The summed E-state index contributed by atoms with van der Waals surface area (Å²) in [6.45, 7) is 2.24. The van der Waals surface area contributed by atoms with Gasteiger partial charge in [-0.15, -0.1) is 0 Å². The van der Waals surface area contributed by atoms with Gasteiger partial charge >= 0.3 is 6.18 Å². The highest BCUT2D eigenvalue weighted by Gasteiger charge is 2.38. The Morgan fingerprint density at radius 1 is 0.936 bits per heavy atom. The first kappa shape index (κ1) is 36.8. The summed E-state index contributed by atoms with van der Waals surface area (Å²) in [7, 11) is -4.62. The van der Waals surface area contributed by atoms with Crippen LogP contribution in [0.1, 0.15) is 62.1 Å². The van der Waals surface area contributed by atoms with E-state index in [1.807, 2.05) is 0 Å². The molecule has 3 aromatic rings. The molecule has 1 N–H and O–H groups in total. The maximum atomic E-state index is 14.3. The zero-order chi connectivity index (χ0) is 34.5. The number of anilines is 1. The highest BCUT2D eigenvalue weighted by molar-refractivity contribution is 7.92. The lowest BCUT2D eigenvalue weighted by Gasteiger charge is -2.35. The maximum absolute atomic E-state index is 14.3. The van der Waals surface area contributed by atoms with Crippen molar-refractivity contribution < 1.29 is 31.2 Å². The molecule has 1 aliphatic rings. The number of aryl methyl sites for hydroxylation is 1. The van der Waals surface area contributed by atoms with Gasteiger partial charge in [0.1, 0.15) is 12.6 Å². The molecule has 1 fully saturated rings. The summed E-state index contributed by atoms with van der Waals surface area (Å²) < 4.78 is 70.4. The molecule has 0 radical (unpaired) electrons. The number of rotatable bonds is 11. The Kier molecular flexibility index (Phi) is 12.1. The van der Waals surface area contributed by atoms with Gasteiger partial charge in [-0.2, -0.15) is 13.2 Å². The quantitative estimate of drug-likeness (QED) is 0.215. The van der Waals surface area contributed by atoms with Gasteiger partial charge in [-0.25, -0.2) is 8.42 Å². The first-order valence-corrected chi connectivity index (χ1v) is 17.7. The lowest BCUT2D eigenvalue weighted by Crippen LogP contribution is -2.54. The normalized spacial score (nSPS) is 14.8. The minimum Gasteiger partial charge on any atom is -0.352 e. The molecule has 254 valence electrons. The van der Waals surface area contributed by atoms with Crippen LogP contribution in [0.15, 0.2) is 65.6 Å². The summed E-state index contributed by atoms with van der Waals surface area (Å²) >= 11 is 18.8. The molecule has 0 aliphatic heterocycles. The van der Waals surface area contributed by atoms with Gasteiger partial charge in [0.15, 0.2) is 0 Å². The molecular weight excluding hydrogens is 698 g/mol. The SMILES string of the molecule is CC[C@@H](C(=O)NC1CCCCC1)N(Cc1c(Cl)cccc1Cl)C(=O)CN(c1ccc(Cl)c(C(F)(F)F)c1)S(=O)(=O)c1ccc(C)cc1. The van der Waals surface area contributed by atoms with Crippen LogP contribution in [0.2, 0.25) is 15.1 Å². The second-order valence-corrected chi connectivity index (χ2v) is 14.6. The van der Waals surface area contributed by atoms with Gasteiger partial charge in [0.25, 0.3) is 10.0 Å². The Morgan fingerprint density at radius 2 is 1.55 bits per heavy atom. The third-order valence-electron chi connectivity index (χ3n) is 8.16. The van der Waals surface area contributed by atoms with Crippen LogP contribution in [-0.4, -0.2) is 43.8 Å². The van der Waals surface area contributed by atoms with E-state index in [1.165, 1.54) is 29.2 Å². The van der Waals surface area contributed by atoms with Crippen molar-refractivity contribution in [1.82, 2.24) is 10.2 Å². The minimum absolute atomic E-state index is 0.0839. The fraction of sp³-hybridized carbons (Fsp3) is 0.394. The fourth-order valence-corrected chi connectivity index (χ4v) is 7.72. The Balaban J connectivity index is 1.81. The van der Waals surface area contributed by atoms with Crippen LogP contribution in [0, 0.1) is 6.92 Å². The predicted octanol–water partition coefficient (Wildman–Crippen LogP) is 8.43. The number of hydrogen-bond donors (Lipinski definition) is 1. The molecule has 47 heavy (non-hydrogen) atoms. The molecule has 3 aromatic carbocycles. The summed E-state index contributed by atoms with van der Waals surface area (Å²) in [6.07, 6.45) is -0.228. The van der Waals surface area contributed by atoms with Gasteiger partial charge in [0.2, 0.25) is 11.8 Å². The first-order chi connectivity index (χ1) is 22.1. The van der Waals surface area contributed by atoms with Crippen LogP contribution in [-0.2, 0) is 32.3 Å². The van der Waals surface area contributed by atoms with Gasteiger partial charge < -0.3 is 10.2 Å². The number of nitrogens with one attached hydrogen (secondary N) is 1. The van der Waals surface area contributed by atoms with E-state index in [0.717, 1.165) is 49.8 Å². The molecule has 0 heterocycles. The summed E-state index contributed by atoms with van der Waals surface area (Å²) in [4.78, 5) is 29.0. The van der Waals surface area contributed by atoms with Crippen molar-refractivity contribution in [3.63, 3.8) is 0 Å². The Hall–Kier alpha value is -2.99. The van der Waals surface area contributed by atoms with Gasteiger partial charge in [-0.05, 0) is 68.7 Å². The largest absolute Gasteiger partial charge is 0.417 e. The second kappa shape index (κ2) is 15.5. The van der Waals surface area contributed by atoms with Crippen LogP contribution in [0.5, 0.6) is 0 Å². The highest BCUT2D eigenvalue weighted by Crippen LogP contribution is 2.38. The molecule has 1 atom stereocenters. The number of nitrogens with zero attached hydrogens (tertiary/aromatic N) is 2. The topological polar surface area (TPSA) is 86.8 Å². The molecule has 1 aliphatic carbocycles. The van der Waals surface area contributed by atoms with Crippen molar-refractivity contribution in [3.05, 3.63) is 92.4 Å². The number of carbonyl (C=O) groups is 2. The average molecular weight is 733 g/mol. The van der Waals surface area contributed by atoms with Crippen LogP contribution in [0.4, 0.5) is 18.9 Å². The molecule has 0 unspecified atom stereocenters. The lowest BCUT2D eigenvalue weighted by atomic mass is 9.95. The lowest BCUT2D eigenvalue weighted by molar-refractivity contribution is -0.140. The van der Waals surface area contributed by atoms with Gasteiger partial charge in [-0.3, -0.25) is 13.9 Å². The van der Waals surface area contributed by atoms with Gasteiger partial charge in [0.05, 0.1) is 21.2 Å². The number of sulfonamides is 1. The summed E-state index contributed by atoms with van der Waals surface area (Å²) in [6, 6.07) is 11.9. The van der Waals surface area contributed by atoms with Crippen LogP contribution in [0.25, 0.3) is 0 Å². The number of amides is 2. The number of halogens is 6. The van der Waals surface area contributed by atoms with E-state index in [1.54, 1.807) is 32.0 Å². The van der Waals surface area contributed by atoms with Crippen LogP contribution in [0.3, 0.4) is 0 Å².